The van der Waals surface area contributed by atoms with Crippen LogP contribution in [0.15, 0.2) is 16.1 Å². The van der Waals surface area contributed by atoms with Crippen molar-refractivity contribution in [3.63, 3.8) is 0 Å². The minimum absolute atomic E-state index is 0.886. The van der Waals surface area contributed by atoms with Crippen LogP contribution in [0.4, 0.5) is 0 Å². The number of aryl methyl sites for hydroxylation is 2. The zero-order chi connectivity index (χ0) is 13.7. The molecule has 0 unspecified atom stereocenters. The highest BCUT2D eigenvalue weighted by Gasteiger charge is 2.11. The van der Waals surface area contributed by atoms with Gasteiger partial charge in [-0.05, 0) is 61.0 Å². The number of allylic oxidation sites excluding steroid dienone is 1. The van der Waals surface area contributed by atoms with Crippen LogP contribution in [-0.4, -0.2) is 16.3 Å². The van der Waals surface area contributed by atoms with Gasteiger partial charge in [-0.15, -0.1) is 0 Å². The molecule has 0 aromatic carbocycles. The lowest BCUT2D eigenvalue weighted by Gasteiger charge is -2.13. The zero-order valence-corrected chi connectivity index (χ0v) is 13.6. The first kappa shape index (κ1) is 14.8. The lowest BCUT2D eigenvalue weighted by atomic mass is 9.97. The van der Waals surface area contributed by atoms with Crippen LogP contribution in [0.3, 0.4) is 0 Å². The smallest absolute Gasteiger partial charge is 0.0767 e. The van der Waals surface area contributed by atoms with Gasteiger partial charge in [0, 0.05) is 13.6 Å². The molecule has 0 radical (unpaired) electrons. The van der Waals surface area contributed by atoms with E-state index in [4.69, 9.17) is 0 Å². The molecular weight excluding hydrogens is 302 g/mol. The summed E-state index contributed by atoms with van der Waals surface area (Å²) in [4.78, 5) is 0. The van der Waals surface area contributed by atoms with Gasteiger partial charge in [0.25, 0.3) is 0 Å². The van der Waals surface area contributed by atoms with Gasteiger partial charge in [0.15, 0.2) is 0 Å². The van der Waals surface area contributed by atoms with Crippen molar-refractivity contribution in [2.45, 2.75) is 52.0 Å². The number of aromatic nitrogens is 2. The van der Waals surface area contributed by atoms with Gasteiger partial charge in [-0.1, -0.05) is 18.6 Å². The molecule has 1 aromatic heterocycles. The molecule has 1 aliphatic rings. The van der Waals surface area contributed by atoms with Crippen LogP contribution in [0.2, 0.25) is 0 Å². The van der Waals surface area contributed by atoms with Crippen molar-refractivity contribution in [1.29, 1.82) is 0 Å². The van der Waals surface area contributed by atoms with E-state index in [2.05, 4.69) is 39.3 Å². The summed E-state index contributed by atoms with van der Waals surface area (Å²) in [6.07, 6.45) is 9.93. The molecule has 0 spiro atoms. The third-order valence-corrected chi connectivity index (χ3v) is 4.72. The van der Waals surface area contributed by atoms with E-state index in [0.717, 1.165) is 25.2 Å². The summed E-state index contributed by atoms with van der Waals surface area (Å²) in [5.41, 5.74) is 4.03. The first-order valence-electron chi connectivity index (χ1n) is 7.31. The maximum Gasteiger partial charge on any atom is 0.0767 e. The molecule has 106 valence electrons. The van der Waals surface area contributed by atoms with Gasteiger partial charge in [-0.2, -0.15) is 5.10 Å². The largest absolute Gasteiger partial charge is 0.311 e. The second kappa shape index (κ2) is 7.25. The number of hydrogen-bond donors (Lipinski definition) is 1. The molecule has 3 nitrogen and oxygen atoms in total. The number of halogens is 1. The van der Waals surface area contributed by atoms with Crippen molar-refractivity contribution >= 4 is 15.9 Å². The average Bonchev–Trinajstić information content (AvgIpc) is 2.71. The molecule has 4 heteroatoms. The third-order valence-electron chi connectivity index (χ3n) is 3.80. The quantitative estimate of drug-likeness (QED) is 0.638. The second-order valence-corrected chi connectivity index (χ2v) is 6.01. The van der Waals surface area contributed by atoms with Gasteiger partial charge in [0.2, 0.25) is 0 Å². The molecular formula is C15H24BrN3. The first-order valence-corrected chi connectivity index (χ1v) is 8.10. The molecule has 19 heavy (non-hydrogen) atoms. The lowest BCUT2D eigenvalue weighted by molar-refractivity contribution is 0.603. The predicted molar refractivity (Wildman–Crippen MR) is 83.2 cm³/mol. The van der Waals surface area contributed by atoms with Crippen LogP contribution in [0.25, 0.3) is 0 Å². The Labute approximate surface area is 124 Å². The van der Waals surface area contributed by atoms with Crippen molar-refractivity contribution in [1.82, 2.24) is 15.1 Å². The van der Waals surface area contributed by atoms with E-state index in [1.54, 1.807) is 5.57 Å². The molecule has 1 aromatic rings. The Bertz CT molecular complexity index is 448. The molecule has 0 bridgehead atoms. The van der Waals surface area contributed by atoms with Crippen LogP contribution >= 0.6 is 15.9 Å². The molecule has 1 N–H and O–H groups in total. The molecule has 0 fully saturated rings. The van der Waals surface area contributed by atoms with Crippen molar-refractivity contribution in [3.8, 4) is 0 Å². The van der Waals surface area contributed by atoms with Gasteiger partial charge in [0.1, 0.15) is 0 Å². The van der Waals surface area contributed by atoms with Crippen molar-refractivity contribution in [2.24, 2.45) is 7.05 Å². The van der Waals surface area contributed by atoms with E-state index in [1.165, 1.54) is 42.3 Å². The van der Waals surface area contributed by atoms with Gasteiger partial charge < -0.3 is 5.32 Å². The number of nitrogens with zero attached hydrogens (tertiary/aromatic N) is 2. The Balaban J connectivity index is 1.79. The topological polar surface area (TPSA) is 29.9 Å². The Hall–Kier alpha value is -0.610. The summed E-state index contributed by atoms with van der Waals surface area (Å²) in [5, 5.41) is 8.05. The highest BCUT2D eigenvalue weighted by atomic mass is 79.9. The van der Waals surface area contributed by atoms with Gasteiger partial charge in [-0.3, -0.25) is 4.68 Å². The molecule has 1 aliphatic carbocycles. The van der Waals surface area contributed by atoms with Crippen LogP contribution in [0.1, 0.15) is 50.4 Å². The number of nitrogens with one attached hydrogen (secondary N) is 1. The van der Waals surface area contributed by atoms with E-state index in [-0.39, 0.29) is 0 Å². The zero-order valence-electron chi connectivity index (χ0n) is 12.0. The number of rotatable bonds is 6. The maximum atomic E-state index is 4.52. The van der Waals surface area contributed by atoms with Crippen molar-refractivity contribution in [2.75, 3.05) is 6.54 Å². The molecule has 1 heterocycles. The maximum absolute atomic E-state index is 4.52. The molecule has 0 aliphatic heterocycles. The fraction of sp³-hybridized carbons (Fsp3) is 0.667. The Morgan fingerprint density at radius 3 is 2.89 bits per heavy atom. The molecule has 0 saturated heterocycles. The van der Waals surface area contributed by atoms with Crippen molar-refractivity contribution in [3.05, 3.63) is 27.5 Å². The summed E-state index contributed by atoms with van der Waals surface area (Å²) in [6, 6.07) is 0. The second-order valence-electron chi connectivity index (χ2n) is 5.22. The molecule has 2 rings (SSSR count). The normalized spacial score (nSPS) is 15.6. The van der Waals surface area contributed by atoms with E-state index in [9.17, 15) is 0 Å². The summed E-state index contributed by atoms with van der Waals surface area (Å²) in [6.45, 7) is 4.09. The predicted octanol–water partition coefficient (Wildman–Crippen LogP) is 3.73. The number of hydrogen-bond acceptors (Lipinski definition) is 2. The molecule has 0 atom stereocenters. The van der Waals surface area contributed by atoms with E-state index < -0.39 is 0 Å². The SMILES string of the molecule is CCc1nn(C)c(CNCCC2=CCCCC2)c1Br. The fourth-order valence-corrected chi connectivity index (χ4v) is 3.36. The summed E-state index contributed by atoms with van der Waals surface area (Å²) in [7, 11) is 2.02. The lowest BCUT2D eigenvalue weighted by Crippen LogP contribution is -2.18. The summed E-state index contributed by atoms with van der Waals surface area (Å²) < 4.78 is 3.15. The van der Waals surface area contributed by atoms with Gasteiger partial charge in [-0.25, -0.2) is 0 Å². The average molecular weight is 326 g/mol. The Morgan fingerprint density at radius 2 is 2.26 bits per heavy atom. The highest BCUT2D eigenvalue weighted by Crippen LogP contribution is 2.22. The van der Waals surface area contributed by atoms with Crippen LogP contribution in [0.5, 0.6) is 0 Å². The van der Waals surface area contributed by atoms with Crippen LogP contribution < -0.4 is 5.32 Å². The molecule has 0 amide bonds. The Morgan fingerprint density at radius 1 is 1.42 bits per heavy atom. The van der Waals surface area contributed by atoms with E-state index in [1.807, 2.05) is 11.7 Å². The standard InChI is InChI=1S/C15H24BrN3/c1-3-13-15(16)14(19(2)18-13)11-17-10-9-12-7-5-4-6-8-12/h7,17H,3-6,8-11H2,1-2H3. The van der Waals surface area contributed by atoms with E-state index in [0.29, 0.717) is 0 Å². The fourth-order valence-electron chi connectivity index (χ4n) is 2.60. The molecule has 0 saturated carbocycles. The van der Waals surface area contributed by atoms with Crippen molar-refractivity contribution < 1.29 is 0 Å². The summed E-state index contributed by atoms with van der Waals surface area (Å²) >= 11 is 3.66. The van der Waals surface area contributed by atoms with Crippen LogP contribution in [-0.2, 0) is 20.0 Å². The monoisotopic (exact) mass is 325 g/mol. The summed E-state index contributed by atoms with van der Waals surface area (Å²) in [5.74, 6) is 0. The van der Waals surface area contributed by atoms with Gasteiger partial charge >= 0.3 is 0 Å². The third kappa shape index (κ3) is 3.93. The van der Waals surface area contributed by atoms with Crippen LogP contribution in [0, 0.1) is 0 Å². The highest BCUT2D eigenvalue weighted by molar-refractivity contribution is 9.10. The van der Waals surface area contributed by atoms with Gasteiger partial charge in [0.05, 0.1) is 15.9 Å². The first-order chi connectivity index (χ1) is 9.22. The van der Waals surface area contributed by atoms with E-state index >= 15 is 0 Å². The Kier molecular flexibility index (Phi) is 5.64. The minimum Gasteiger partial charge on any atom is -0.311 e. The minimum atomic E-state index is 0.886.